The van der Waals surface area contributed by atoms with Crippen LogP contribution in [0.2, 0.25) is 0 Å². The summed E-state index contributed by atoms with van der Waals surface area (Å²) in [6.45, 7) is 1.92. The highest BCUT2D eigenvalue weighted by Crippen LogP contribution is 2.25. The maximum absolute atomic E-state index is 11.8. The second-order valence-electron chi connectivity index (χ2n) is 5.97. The maximum atomic E-state index is 11.8. The number of carbonyl (C=O) groups excluding carboxylic acids is 1. The molecule has 134 valence electrons. The third-order valence-electron chi connectivity index (χ3n) is 3.88. The van der Waals surface area contributed by atoms with E-state index >= 15 is 0 Å². The molecule has 1 N–H and O–H groups in total. The van der Waals surface area contributed by atoms with Gasteiger partial charge in [0, 0.05) is 13.1 Å². The Morgan fingerprint density at radius 2 is 2.00 bits per heavy atom. The van der Waals surface area contributed by atoms with E-state index < -0.39 is 0 Å². The molecule has 1 saturated carbocycles. The van der Waals surface area contributed by atoms with Gasteiger partial charge >= 0.3 is 0 Å². The van der Waals surface area contributed by atoms with Crippen molar-refractivity contribution in [3.63, 3.8) is 0 Å². The molecule has 0 spiro atoms. The minimum Gasteiger partial charge on any atom is -0.497 e. The largest absolute Gasteiger partial charge is 0.497 e. The molecule has 1 aromatic carbocycles. The average Bonchev–Trinajstić information content (AvgIpc) is 3.34. The predicted molar refractivity (Wildman–Crippen MR) is 94.9 cm³/mol. The molecular formula is C17H22N4O3S. The highest BCUT2D eigenvalue weighted by Gasteiger charge is 2.24. The number of benzene rings is 1. The van der Waals surface area contributed by atoms with Crippen molar-refractivity contribution in [2.24, 2.45) is 7.05 Å². The van der Waals surface area contributed by atoms with Gasteiger partial charge < -0.3 is 19.4 Å². The highest BCUT2D eigenvalue weighted by atomic mass is 32.2. The number of amides is 1. The Kier molecular flexibility index (Phi) is 5.47. The molecule has 0 aliphatic heterocycles. The zero-order valence-corrected chi connectivity index (χ0v) is 15.4. The molecule has 7 nitrogen and oxygen atoms in total. The minimum atomic E-state index is -0.263. The second kappa shape index (κ2) is 7.77. The van der Waals surface area contributed by atoms with Crippen LogP contribution in [0.25, 0.3) is 0 Å². The summed E-state index contributed by atoms with van der Waals surface area (Å²) in [5.74, 6) is 2.60. The third kappa shape index (κ3) is 4.66. The maximum Gasteiger partial charge on any atom is 0.230 e. The van der Waals surface area contributed by atoms with E-state index in [4.69, 9.17) is 9.47 Å². The Bertz CT molecular complexity index is 728. The topological polar surface area (TPSA) is 78.3 Å². The molecule has 2 aromatic rings. The van der Waals surface area contributed by atoms with Crippen LogP contribution in [0.15, 0.2) is 29.4 Å². The molecule has 0 bridgehead atoms. The van der Waals surface area contributed by atoms with Gasteiger partial charge in [0.1, 0.15) is 11.5 Å². The predicted octanol–water partition coefficient (Wildman–Crippen LogP) is 2.33. The first-order valence-corrected chi connectivity index (χ1v) is 9.17. The van der Waals surface area contributed by atoms with E-state index in [1.165, 1.54) is 11.8 Å². The highest BCUT2D eigenvalue weighted by molar-refractivity contribution is 7.99. The summed E-state index contributed by atoms with van der Waals surface area (Å²) in [6.07, 6.45) is 1.91. The van der Waals surface area contributed by atoms with Gasteiger partial charge in [0.25, 0.3) is 0 Å². The summed E-state index contributed by atoms with van der Waals surface area (Å²) in [5.41, 5.74) is 0. The fourth-order valence-corrected chi connectivity index (χ4v) is 3.07. The van der Waals surface area contributed by atoms with E-state index in [0.717, 1.165) is 24.3 Å². The van der Waals surface area contributed by atoms with Crippen molar-refractivity contribution < 1.29 is 14.3 Å². The second-order valence-corrected chi connectivity index (χ2v) is 6.91. The van der Waals surface area contributed by atoms with E-state index in [2.05, 4.69) is 15.5 Å². The molecule has 0 radical (unpaired) electrons. The number of aromatic nitrogens is 3. The number of methoxy groups -OCH3 is 1. The number of hydrogen-bond donors (Lipinski definition) is 1. The van der Waals surface area contributed by atoms with Crippen LogP contribution >= 0.6 is 11.8 Å². The number of thioether (sulfide) groups is 1. The molecule has 1 fully saturated rings. The summed E-state index contributed by atoms with van der Waals surface area (Å²) in [7, 11) is 3.51. The van der Waals surface area contributed by atoms with Gasteiger partial charge in [-0.3, -0.25) is 4.79 Å². The van der Waals surface area contributed by atoms with Crippen molar-refractivity contribution in [2.75, 3.05) is 12.9 Å². The summed E-state index contributed by atoms with van der Waals surface area (Å²) < 4.78 is 12.9. The van der Waals surface area contributed by atoms with Crippen molar-refractivity contribution in [3.05, 3.63) is 30.1 Å². The van der Waals surface area contributed by atoms with Crippen molar-refractivity contribution >= 4 is 17.7 Å². The van der Waals surface area contributed by atoms with Crippen LogP contribution in [0.4, 0.5) is 0 Å². The van der Waals surface area contributed by atoms with Crippen LogP contribution in [-0.2, 0) is 11.8 Å². The summed E-state index contributed by atoms with van der Waals surface area (Å²) in [5, 5.41) is 12.0. The van der Waals surface area contributed by atoms with Gasteiger partial charge in [-0.1, -0.05) is 11.8 Å². The number of hydrogen-bond acceptors (Lipinski definition) is 6. The molecule has 3 rings (SSSR count). The molecule has 0 saturated heterocycles. The molecule has 1 aliphatic carbocycles. The Morgan fingerprint density at radius 3 is 2.64 bits per heavy atom. The van der Waals surface area contributed by atoms with Crippen LogP contribution in [0, 0.1) is 0 Å². The fraction of sp³-hybridized carbons (Fsp3) is 0.471. The molecule has 1 heterocycles. The molecular weight excluding hydrogens is 340 g/mol. The average molecular weight is 362 g/mol. The third-order valence-corrected chi connectivity index (χ3v) is 4.90. The first-order valence-electron chi connectivity index (χ1n) is 8.19. The van der Waals surface area contributed by atoms with Crippen LogP contribution in [0.3, 0.4) is 0 Å². The number of nitrogens with zero attached hydrogens (tertiary/aromatic N) is 3. The minimum absolute atomic E-state index is 0.0413. The van der Waals surface area contributed by atoms with E-state index in [-0.39, 0.29) is 12.0 Å². The quantitative estimate of drug-likeness (QED) is 0.726. The first kappa shape index (κ1) is 17.6. The Hall–Kier alpha value is -2.22. The first-order chi connectivity index (χ1) is 12.1. The smallest absolute Gasteiger partial charge is 0.230 e. The van der Waals surface area contributed by atoms with E-state index in [1.807, 2.05) is 42.8 Å². The Balaban J connectivity index is 1.57. The van der Waals surface area contributed by atoms with Crippen molar-refractivity contribution in [1.82, 2.24) is 20.1 Å². The van der Waals surface area contributed by atoms with Crippen LogP contribution < -0.4 is 14.8 Å². The monoisotopic (exact) mass is 362 g/mol. The standard InChI is InChI=1S/C17H22N4O3S/c1-11(24-14-8-6-13(23-3)7-9-14)16-19-20-17(21(16)2)25-10-15(22)18-12-4-5-12/h6-9,11-12H,4-5,10H2,1-3H3,(H,18,22). The molecule has 1 aliphatic rings. The molecule has 1 unspecified atom stereocenters. The van der Waals surface area contributed by atoms with Gasteiger partial charge in [-0.2, -0.15) is 0 Å². The molecule has 1 atom stereocenters. The summed E-state index contributed by atoms with van der Waals surface area (Å²) in [4.78, 5) is 11.8. The van der Waals surface area contributed by atoms with E-state index in [1.54, 1.807) is 7.11 Å². The summed E-state index contributed by atoms with van der Waals surface area (Å²) in [6, 6.07) is 7.77. The molecule has 1 amide bonds. The lowest BCUT2D eigenvalue weighted by molar-refractivity contribution is -0.118. The van der Waals surface area contributed by atoms with Gasteiger partial charge in [-0.15, -0.1) is 10.2 Å². The zero-order valence-electron chi connectivity index (χ0n) is 14.6. The van der Waals surface area contributed by atoms with Crippen LogP contribution in [0.5, 0.6) is 11.5 Å². The van der Waals surface area contributed by atoms with Gasteiger partial charge in [0.2, 0.25) is 5.91 Å². The zero-order chi connectivity index (χ0) is 17.8. The van der Waals surface area contributed by atoms with Crippen molar-refractivity contribution in [1.29, 1.82) is 0 Å². The number of carbonyl (C=O) groups is 1. The van der Waals surface area contributed by atoms with Crippen LogP contribution in [-0.4, -0.2) is 39.6 Å². The fourth-order valence-electron chi connectivity index (χ4n) is 2.34. The van der Waals surface area contributed by atoms with E-state index in [9.17, 15) is 4.79 Å². The van der Waals surface area contributed by atoms with Gasteiger partial charge in [-0.25, -0.2) is 0 Å². The molecule has 25 heavy (non-hydrogen) atoms. The summed E-state index contributed by atoms with van der Waals surface area (Å²) >= 11 is 1.38. The van der Waals surface area contributed by atoms with Crippen molar-refractivity contribution in [3.8, 4) is 11.5 Å². The SMILES string of the molecule is COc1ccc(OC(C)c2nnc(SCC(=O)NC3CC3)n2C)cc1. The number of ether oxygens (including phenoxy) is 2. The van der Waals surface area contributed by atoms with Crippen molar-refractivity contribution in [2.45, 2.75) is 37.1 Å². The number of nitrogens with one attached hydrogen (secondary N) is 1. The lowest BCUT2D eigenvalue weighted by atomic mass is 10.3. The Morgan fingerprint density at radius 1 is 1.32 bits per heavy atom. The van der Waals surface area contributed by atoms with E-state index in [0.29, 0.717) is 22.8 Å². The molecule has 1 aromatic heterocycles. The van der Waals surface area contributed by atoms with Gasteiger partial charge in [-0.05, 0) is 44.0 Å². The number of rotatable bonds is 8. The molecule has 8 heteroatoms. The van der Waals surface area contributed by atoms with Crippen LogP contribution in [0.1, 0.15) is 31.7 Å². The lowest BCUT2D eigenvalue weighted by Crippen LogP contribution is -2.27. The van der Waals surface area contributed by atoms with Gasteiger partial charge in [0.15, 0.2) is 17.1 Å². The van der Waals surface area contributed by atoms with Gasteiger partial charge in [0.05, 0.1) is 12.9 Å². The normalized spacial score (nSPS) is 14.8. The Labute approximate surface area is 151 Å². The lowest BCUT2D eigenvalue weighted by Gasteiger charge is -2.14.